The van der Waals surface area contributed by atoms with E-state index in [4.69, 9.17) is 17.3 Å². The number of benzene rings is 1. The van der Waals surface area contributed by atoms with E-state index in [0.717, 1.165) is 36.2 Å². The van der Waals surface area contributed by atoms with E-state index in [0.29, 0.717) is 24.5 Å². The lowest BCUT2D eigenvalue weighted by atomic mass is 9.97. The number of hydrogen-bond acceptors (Lipinski definition) is 4. The first-order chi connectivity index (χ1) is 12.0. The summed E-state index contributed by atoms with van der Waals surface area (Å²) in [4.78, 5) is 33.0. The van der Waals surface area contributed by atoms with Gasteiger partial charge in [-0.1, -0.05) is 11.6 Å². The number of nitrogens with zero attached hydrogens (tertiary/aromatic N) is 2. The minimum atomic E-state index is -0.356. The Bertz CT molecular complexity index is 775. The van der Waals surface area contributed by atoms with Gasteiger partial charge in [-0.15, -0.1) is 0 Å². The molecule has 1 fully saturated rings. The van der Waals surface area contributed by atoms with Gasteiger partial charge in [0.1, 0.15) is 5.82 Å². The lowest BCUT2D eigenvalue weighted by Gasteiger charge is -2.30. The van der Waals surface area contributed by atoms with E-state index in [2.05, 4.69) is 15.3 Å². The van der Waals surface area contributed by atoms with E-state index in [1.54, 1.807) is 6.07 Å². The zero-order chi connectivity index (χ0) is 17.8. The second-order valence-electron chi connectivity index (χ2n) is 6.43. The maximum atomic E-state index is 12.3. The number of nitrogens with two attached hydrogens (primary N) is 1. The van der Waals surface area contributed by atoms with Crippen molar-refractivity contribution in [3.63, 3.8) is 0 Å². The van der Waals surface area contributed by atoms with E-state index in [1.807, 2.05) is 17.0 Å². The molecule has 0 aliphatic carbocycles. The molecular weight excluding hydrogens is 342 g/mol. The van der Waals surface area contributed by atoms with Gasteiger partial charge in [-0.25, -0.2) is 4.98 Å². The van der Waals surface area contributed by atoms with E-state index < -0.39 is 0 Å². The number of amides is 2. The molecule has 1 aromatic heterocycles. The van der Waals surface area contributed by atoms with Crippen LogP contribution in [0, 0.1) is 5.92 Å². The van der Waals surface area contributed by atoms with Crippen molar-refractivity contribution in [3.8, 4) is 0 Å². The summed E-state index contributed by atoms with van der Waals surface area (Å²) in [6.45, 7) is 2.12. The van der Waals surface area contributed by atoms with Gasteiger partial charge in [-0.05, 0) is 37.6 Å². The van der Waals surface area contributed by atoms with Gasteiger partial charge in [-0.3, -0.25) is 14.5 Å². The molecule has 1 aromatic carbocycles. The van der Waals surface area contributed by atoms with E-state index >= 15 is 0 Å². The smallest absolute Gasteiger partial charge is 0.231 e. The Morgan fingerprint density at radius 1 is 1.44 bits per heavy atom. The number of likely N-dealkylation sites (tertiary alicyclic amines) is 1. The highest BCUT2D eigenvalue weighted by molar-refractivity contribution is 6.31. The molecule has 0 radical (unpaired) electrons. The highest BCUT2D eigenvalue weighted by Gasteiger charge is 2.26. The summed E-state index contributed by atoms with van der Waals surface area (Å²) >= 11 is 5.97. The number of carbonyl (C=O) groups excluding carboxylic acids is 2. The van der Waals surface area contributed by atoms with Crippen molar-refractivity contribution in [3.05, 3.63) is 29.0 Å². The number of piperidine rings is 1. The van der Waals surface area contributed by atoms with Crippen molar-refractivity contribution in [2.45, 2.75) is 19.3 Å². The standard InChI is InChI=1S/C17H22ClN5O2/c18-12-3-4-13-14(8-12)22-16(21-13)5-6-20-17(25)11-2-1-7-23(9-11)10-15(19)24/h3-4,8,11H,1-2,5-7,9-10H2,(H2,19,24)(H,20,25)(H,21,22). The van der Waals surface area contributed by atoms with Crippen LogP contribution in [-0.4, -0.2) is 52.9 Å². The predicted octanol–water partition coefficient (Wildman–Crippen LogP) is 1.07. The Labute approximate surface area is 150 Å². The summed E-state index contributed by atoms with van der Waals surface area (Å²) in [6, 6.07) is 5.50. The molecule has 2 aromatic rings. The number of H-pyrrole nitrogens is 1. The van der Waals surface area contributed by atoms with Crippen LogP contribution in [0.3, 0.4) is 0 Å². The van der Waals surface area contributed by atoms with Crippen LogP contribution in [0.15, 0.2) is 18.2 Å². The first-order valence-electron chi connectivity index (χ1n) is 8.44. The van der Waals surface area contributed by atoms with E-state index in [9.17, 15) is 9.59 Å². The third-order valence-corrected chi connectivity index (χ3v) is 4.64. The molecule has 2 heterocycles. The van der Waals surface area contributed by atoms with Crippen molar-refractivity contribution in [1.29, 1.82) is 0 Å². The summed E-state index contributed by atoms with van der Waals surface area (Å²) in [5.74, 6) is 0.388. The number of imidazole rings is 1. The summed E-state index contributed by atoms with van der Waals surface area (Å²) < 4.78 is 0. The molecule has 2 amide bonds. The number of aromatic amines is 1. The number of aromatic nitrogens is 2. The van der Waals surface area contributed by atoms with Gasteiger partial charge in [0.05, 0.1) is 23.5 Å². The molecule has 0 saturated carbocycles. The molecule has 8 heteroatoms. The molecule has 134 valence electrons. The van der Waals surface area contributed by atoms with Gasteiger partial charge in [0.25, 0.3) is 0 Å². The second-order valence-corrected chi connectivity index (χ2v) is 6.86. The Morgan fingerprint density at radius 3 is 3.08 bits per heavy atom. The quantitative estimate of drug-likeness (QED) is 0.714. The van der Waals surface area contributed by atoms with Crippen LogP contribution < -0.4 is 11.1 Å². The highest BCUT2D eigenvalue weighted by atomic mass is 35.5. The van der Waals surface area contributed by atoms with Gasteiger partial charge < -0.3 is 16.0 Å². The van der Waals surface area contributed by atoms with Gasteiger partial charge in [0, 0.05) is 24.5 Å². The minimum Gasteiger partial charge on any atom is -0.369 e. The number of hydrogen-bond donors (Lipinski definition) is 3. The average molecular weight is 364 g/mol. The fraction of sp³-hybridized carbons (Fsp3) is 0.471. The fourth-order valence-electron chi connectivity index (χ4n) is 3.24. The number of rotatable bonds is 6. The SMILES string of the molecule is NC(=O)CN1CCCC(C(=O)NCCc2nc3ccc(Cl)cc3[nH]2)C1. The molecule has 0 bridgehead atoms. The third-order valence-electron chi connectivity index (χ3n) is 4.41. The highest BCUT2D eigenvalue weighted by Crippen LogP contribution is 2.18. The van der Waals surface area contributed by atoms with Crippen LogP contribution in [0.5, 0.6) is 0 Å². The zero-order valence-corrected chi connectivity index (χ0v) is 14.7. The molecule has 7 nitrogen and oxygen atoms in total. The fourth-order valence-corrected chi connectivity index (χ4v) is 3.41. The van der Waals surface area contributed by atoms with Gasteiger partial charge in [0.2, 0.25) is 11.8 Å². The summed E-state index contributed by atoms with van der Waals surface area (Å²) in [6.07, 6.45) is 2.36. The minimum absolute atomic E-state index is 0.0216. The average Bonchev–Trinajstić information content (AvgIpc) is 2.96. The first-order valence-corrected chi connectivity index (χ1v) is 8.81. The molecule has 0 spiro atoms. The number of halogens is 1. The molecule has 4 N–H and O–H groups in total. The molecule has 1 aliphatic heterocycles. The molecule has 1 unspecified atom stereocenters. The normalized spacial score (nSPS) is 18.4. The van der Waals surface area contributed by atoms with Crippen molar-refractivity contribution in [1.82, 2.24) is 20.2 Å². The maximum Gasteiger partial charge on any atom is 0.231 e. The summed E-state index contributed by atoms with van der Waals surface area (Å²) in [5, 5.41) is 3.62. The second kappa shape index (κ2) is 7.84. The Kier molecular flexibility index (Phi) is 5.55. The maximum absolute atomic E-state index is 12.3. The monoisotopic (exact) mass is 363 g/mol. The van der Waals surface area contributed by atoms with Gasteiger partial charge >= 0.3 is 0 Å². The molecule has 1 atom stereocenters. The predicted molar refractivity (Wildman–Crippen MR) is 96.2 cm³/mol. The Hall–Kier alpha value is -2.12. The van der Waals surface area contributed by atoms with Crippen LogP contribution >= 0.6 is 11.6 Å². The number of carbonyl (C=O) groups is 2. The largest absolute Gasteiger partial charge is 0.369 e. The molecule has 25 heavy (non-hydrogen) atoms. The van der Waals surface area contributed by atoms with Crippen molar-refractivity contribution < 1.29 is 9.59 Å². The van der Waals surface area contributed by atoms with E-state index in [1.165, 1.54) is 0 Å². The third kappa shape index (κ3) is 4.70. The van der Waals surface area contributed by atoms with Gasteiger partial charge in [-0.2, -0.15) is 0 Å². The lowest BCUT2D eigenvalue weighted by molar-refractivity contribution is -0.128. The summed E-state index contributed by atoms with van der Waals surface area (Å²) in [7, 11) is 0. The summed E-state index contributed by atoms with van der Waals surface area (Å²) in [5.41, 5.74) is 6.98. The van der Waals surface area contributed by atoms with Crippen LogP contribution in [0.2, 0.25) is 5.02 Å². The lowest BCUT2D eigenvalue weighted by Crippen LogP contribution is -2.46. The van der Waals surface area contributed by atoms with Gasteiger partial charge in [0.15, 0.2) is 0 Å². The Balaban J connectivity index is 1.49. The van der Waals surface area contributed by atoms with Crippen LogP contribution in [0.1, 0.15) is 18.7 Å². The van der Waals surface area contributed by atoms with Crippen LogP contribution in [0.25, 0.3) is 11.0 Å². The van der Waals surface area contributed by atoms with Crippen LogP contribution in [-0.2, 0) is 16.0 Å². The number of primary amides is 1. The van der Waals surface area contributed by atoms with E-state index in [-0.39, 0.29) is 24.3 Å². The topological polar surface area (TPSA) is 104 Å². The number of nitrogens with one attached hydrogen (secondary N) is 2. The molecule has 1 aliphatic rings. The first kappa shape index (κ1) is 17.7. The molecular formula is C17H22ClN5O2. The van der Waals surface area contributed by atoms with Crippen molar-refractivity contribution in [2.24, 2.45) is 11.7 Å². The van der Waals surface area contributed by atoms with Crippen molar-refractivity contribution in [2.75, 3.05) is 26.2 Å². The Morgan fingerprint density at radius 2 is 2.28 bits per heavy atom. The molecule has 3 rings (SSSR count). The van der Waals surface area contributed by atoms with Crippen LogP contribution in [0.4, 0.5) is 0 Å². The zero-order valence-electron chi connectivity index (χ0n) is 13.9. The number of fused-ring (bicyclic) bond motifs is 1. The molecule has 1 saturated heterocycles. The van der Waals surface area contributed by atoms with Crippen molar-refractivity contribution >= 4 is 34.4 Å².